The van der Waals surface area contributed by atoms with Crippen LogP contribution in [0, 0.1) is 0 Å². The molecule has 0 amide bonds. The Labute approximate surface area is 58.1 Å². The van der Waals surface area contributed by atoms with Crippen molar-refractivity contribution in [2.45, 2.75) is 13.0 Å². The fourth-order valence-corrected chi connectivity index (χ4v) is 0.723. The highest BCUT2D eigenvalue weighted by molar-refractivity contribution is 4.98. The molecular formula is C6H10N2O2. The maximum absolute atomic E-state index is 10.7. The van der Waals surface area contributed by atoms with E-state index in [1.807, 2.05) is 0 Å². The Morgan fingerprint density at radius 1 is 1.80 bits per heavy atom. The fourth-order valence-electron chi connectivity index (χ4n) is 0.723. The van der Waals surface area contributed by atoms with Crippen LogP contribution in [0.2, 0.25) is 0 Å². The minimum atomic E-state index is -0.603. The van der Waals surface area contributed by atoms with E-state index in [0.717, 1.165) is 0 Å². The van der Waals surface area contributed by atoms with Crippen LogP contribution in [0.1, 0.15) is 18.7 Å². The first-order valence-corrected chi connectivity index (χ1v) is 3.05. The summed E-state index contributed by atoms with van der Waals surface area (Å²) in [6.45, 7) is 1.60. The molecule has 0 aliphatic carbocycles. The summed E-state index contributed by atoms with van der Waals surface area (Å²) in [5.74, 6) is 0. The molecule has 0 aliphatic heterocycles. The largest absolute Gasteiger partial charge is 0.387 e. The molecule has 1 rings (SSSR count). The Morgan fingerprint density at radius 2 is 2.40 bits per heavy atom. The van der Waals surface area contributed by atoms with Crippen LogP contribution in [0.25, 0.3) is 0 Å². The number of rotatable bonds is 1. The van der Waals surface area contributed by atoms with Crippen molar-refractivity contribution in [2.75, 3.05) is 0 Å². The molecule has 0 spiro atoms. The van der Waals surface area contributed by atoms with Gasteiger partial charge in [-0.1, -0.05) is 0 Å². The zero-order valence-corrected chi connectivity index (χ0v) is 5.96. The summed E-state index contributed by atoms with van der Waals surface area (Å²) in [7, 11) is 1.63. The molecule has 1 heterocycles. The standard InChI is InChI=1S/C6H10N2O2/c1-4(9)5-3-8(2)6(10)7-5/h3-4,9H,1-2H3,(H,7,10). The van der Waals surface area contributed by atoms with Crippen molar-refractivity contribution >= 4 is 0 Å². The Bertz CT molecular complexity index is 272. The normalized spacial score (nSPS) is 13.5. The van der Waals surface area contributed by atoms with E-state index in [1.165, 1.54) is 4.57 Å². The van der Waals surface area contributed by atoms with Gasteiger partial charge in [0.25, 0.3) is 0 Å². The maximum atomic E-state index is 10.7. The third-order valence-corrected chi connectivity index (χ3v) is 1.35. The predicted octanol–water partition coefficient (Wildman–Crippen LogP) is -0.233. The summed E-state index contributed by atoms with van der Waals surface area (Å²) in [6, 6.07) is 0. The lowest BCUT2D eigenvalue weighted by atomic mass is 10.3. The van der Waals surface area contributed by atoms with Gasteiger partial charge in [0.15, 0.2) is 0 Å². The zero-order chi connectivity index (χ0) is 7.72. The maximum Gasteiger partial charge on any atom is 0.325 e. The highest BCUT2D eigenvalue weighted by Gasteiger charge is 2.03. The van der Waals surface area contributed by atoms with Gasteiger partial charge in [0.1, 0.15) is 0 Å². The molecule has 1 aromatic heterocycles. The van der Waals surface area contributed by atoms with E-state index in [-0.39, 0.29) is 5.69 Å². The number of hydrogen-bond donors (Lipinski definition) is 2. The number of aryl methyl sites for hydroxylation is 1. The second kappa shape index (κ2) is 2.30. The average Bonchev–Trinajstić information content (AvgIpc) is 2.13. The Morgan fingerprint density at radius 3 is 2.60 bits per heavy atom. The molecule has 0 aromatic carbocycles. The van der Waals surface area contributed by atoms with E-state index in [0.29, 0.717) is 5.69 Å². The molecule has 4 nitrogen and oxygen atoms in total. The number of H-pyrrole nitrogens is 1. The highest BCUT2D eigenvalue weighted by Crippen LogP contribution is 2.03. The summed E-state index contributed by atoms with van der Waals surface area (Å²) in [5, 5.41) is 8.98. The summed E-state index contributed by atoms with van der Waals surface area (Å²) in [4.78, 5) is 13.2. The number of aliphatic hydroxyl groups is 1. The first-order valence-electron chi connectivity index (χ1n) is 3.05. The lowest BCUT2D eigenvalue weighted by molar-refractivity contribution is 0.194. The smallest absolute Gasteiger partial charge is 0.325 e. The van der Waals surface area contributed by atoms with Crippen molar-refractivity contribution in [3.8, 4) is 0 Å². The van der Waals surface area contributed by atoms with E-state index in [4.69, 9.17) is 5.11 Å². The number of imidazole rings is 1. The van der Waals surface area contributed by atoms with E-state index in [1.54, 1.807) is 20.2 Å². The van der Waals surface area contributed by atoms with Crippen molar-refractivity contribution in [3.05, 3.63) is 22.4 Å². The van der Waals surface area contributed by atoms with Crippen LogP contribution in [-0.4, -0.2) is 14.7 Å². The molecular weight excluding hydrogens is 132 g/mol. The lowest BCUT2D eigenvalue weighted by Crippen LogP contribution is -2.11. The lowest BCUT2D eigenvalue weighted by Gasteiger charge is -1.95. The van der Waals surface area contributed by atoms with Gasteiger partial charge in [-0.25, -0.2) is 4.79 Å². The predicted molar refractivity (Wildman–Crippen MR) is 36.7 cm³/mol. The van der Waals surface area contributed by atoms with Gasteiger partial charge in [0, 0.05) is 13.2 Å². The van der Waals surface area contributed by atoms with E-state index >= 15 is 0 Å². The Kier molecular flexibility index (Phi) is 1.63. The monoisotopic (exact) mass is 142 g/mol. The number of aromatic amines is 1. The Balaban J connectivity index is 3.10. The van der Waals surface area contributed by atoms with Crippen molar-refractivity contribution in [3.63, 3.8) is 0 Å². The summed E-state index contributed by atoms with van der Waals surface area (Å²) in [5.41, 5.74) is 0.350. The summed E-state index contributed by atoms with van der Waals surface area (Å²) in [6.07, 6.45) is 0.974. The molecule has 10 heavy (non-hydrogen) atoms. The quantitative estimate of drug-likeness (QED) is 0.569. The van der Waals surface area contributed by atoms with Crippen LogP contribution in [0.3, 0.4) is 0 Å². The molecule has 0 saturated heterocycles. The van der Waals surface area contributed by atoms with Gasteiger partial charge in [0.05, 0.1) is 11.8 Å². The van der Waals surface area contributed by atoms with Gasteiger partial charge in [-0.05, 0) is 6.92 Å². The molecule has 0 radical (unpaired) electrons. The fraction of sp³-hybridized carbons (Fsp3) is 0.500. The number of aliphatic hydroxyl groups excluding tert-OH is 1. The summed E-state index contributed by atoms with van der Waals surface area (Å²) >= 11 is 0. The van der Waals surface area contributed by atoms with Gasteiger partial charge < -0.3 is 14.7 Å². The third-order valence-electron chi connectivity index (χ3n) is 1.35. The van der Waals surface area contributed by atoms with Crippen molar-refractivity contribution in [2.24, 2.45) is 7.05 Å². The topological polar surface area (TPSA) is 58.0 Å². The van der Waals surface area contributed by atoms with Crippen LogP contribution in [-0.2, 0) is 7.05 Å². The van der Waals surface area contributed by atoms with Crippen molar-refractivity contribution in [1.29, 1.82) is 0 Å². The molecule has 0 saturated carbocycles. The summed E-state index contributed by atoms with van der Waals surface area (Å²) < 4.78 is 1.39. The van der Waals surface area contributed by atoms with Crippen LogP contribution < -0.4 is 5.69 Å². The van der Waals surface area contributed by atoms with E-state index in [2.05, 4.69) is 4.98 Å². The highest BCUT2D eigenvalue weighted by atomic mass is 16.3. The molecule has 1 unspecified atom stereocenters. The zero-order valence-electron chi connectivity index (χ0n) is 5.96. The Hall–Kier alpha value is -1.03. The minimum absolute atomic E-state index is 0.198. The minimum Gasteiger partial charge on any atom is -0.387 e. The van der Waals surface area contributed by atoms with E-state index in [9.17, 15) is 4.79 Å². The molecule has 0 aliphatic rings. The average molecular weight is 142 g/mol. The van der Waals surface area contributed by atoms with Crippen molar-refractivity contribution in [1.82, 2.24) is 9.55 Å². The van der Waals surface area contributed by atoms with Crippen molar-refractivity contribution < 1.29 is 5.11 Å². The van der Waals surface area contributed by atoms with Crippen LogP contribution >= 0.6 is 0 Å². The number of nitrogens with zero attached hydrogens (tertiary/aromatic N) is 1. The van der Waals surface area contributed by atoms with Gasteiger partial charge in [-0.2, -0.15) is 0 Å². The van der Waals surface area contributed by atoms with Crippen LogP contribution in [0.5, 0.6) is 0 Å². The molecule has 2 N–H and O–H groups in total. The SMILES string of the molecule is CC(O)c1cn(C)c(=O)[nH]1. The third kappa shape index (κ3) is 1.11. The molecule has 0 fully saturated rings. The molecule has 0 bridgehead atoms. The number of hydrogen-bond acceptors (Lipinski definition) is 2. The molecule has 56 valence electrons. The van der Waals surface area contributed by atoms with Gasteiger partial charge >= 0.3 is 5.69 Å². The number of aromatic nitrogens is 2. The second-order valence-corrected chi connectivity index (χ2v) is 2.30. The van der Waals surface area contributed by atoms with E-state index < -0.39 is 6.10 Å². The van der Waals surface area contributed by atoms with Crippen LogP contribution in [0.15, 0.2) is 11.0 Å². The van der Waals surface area contributed by atoms with Gasteiger partial charge in [-0.3, -0.25) is 0 Å². The molecule has 4 heteroatoms. The molecule has 1 atom stereocenters. The first kappa shape index (κ1) is 7.08. The number of nitrogens with one attached hydrogen (secondary N) is 1. The first-order chi connectivity index (χ1) is 4.61. The van der Waals surface area contributed by atoms with Gasteiger partial charge in [-0.15, -0.1) is 0 Å². The second-order valence-electron chi connectivity index (χ2n) is 2.30. The van der Waals surface area contributed by atoms with Gasteiger partial charge in [0.2, 0.25) is 0 Å². The molecule has 1 aromatic rings. The van der Waals surface area contributed by atoms with Crippen LogP contribution in [0.4, 0.5) is 0 Å².